The number of benzene rings is 1. The van der Waals surface area contributed by atoms with Gasteiger partial charge in [0.05, 0.1) is 24.9 Å². The van der Waals surface area contributed by atoms with Crippen LogP contribution in [0.25, 0.3) is 16.7 Å². The first kappa shape index (κ1) is 15.8. The Labute approximate surface area is 145 Å². The number of aromatic nitrogens is 4. The molecule has 2 N–H and O–H groups in total. The lowest BCUT2D eigenvalue weighted by Crippen LogP contribution is -2.29. The first-order valence-electron chi connectivity index (χ1n) is 8.53. The summed E-state index contributed by atoms with van der Waals surface area (Å²) < 4.78 is 7.10. The van der Waals surface area contributed by atoms with E-state index in [0.29, 0.717) is 17.8 Å². The van der Waals surface area contributed by atoms with Crippen molar-refractivity contribution in [2.24, 2.45) is 0 Å². The smallest absolute Gasteiger partial charge is 0.224 e. The fourth-order valence-corrected chi connectivity index (χ4v) is 3.25. The van der Waals surface area contributed by atoms with Crippen LogP contribution < -0.4 is 10.1 Å². The maximum atomic E-state index is 9.62. The van der Waals surface area contributed by atoms with E-state index >= 15 is 0 Å². The molecular weight excluding hydrogens is 318 g/mol. The maximum Gasteiger partial charge on any atom is 0.224 e. The summed E-state index contributed by atoms with van der Waals surface area (Å²) in [6.07, 6.45) is 6.87. The third-order valence-corrected chi connectivity index (χ3v) is 4.67. The molecule has 130 valence electrons. The summed E-state index contributed by atoms with van der Waals surface area (Å²) in [5.74, 6) is 2.07. The number of aliphatic hydroxyl groups excluding tert-OH is 1. The number of aliphatic hydroxyl groups is 1. The molecule has 0 bridgehead atoms. The molecule has 2 heterocycles. The molecule has 7 heteroatoms. The molecule has 0 atom stereocenters. The Kier molecular flexibility index (Phi) is 4.23. The highest BCUT2D eigenvalue weighted by Gasteiger charge is 2.20. The van der Waals surface area contributed by atoms with Crippen molar-refractivity contribution < 1.29 is 9.84 Å². The summed E-state index contributed by atoms with van der Waals surface area (Å²) in [5, 5.41) is 18.5. The zero-order valence-corrected chi connectivity index (χ0v) is 14.1. The molecule has 2 aromatic heterocycles. The second-order valence-corrected chi connectivity index (χ2v) is 6.37. The minimum absolute atomic E-state index is 0.171. The summed E-state index contributed by atoms with van der Waals surface area (Å²) in [5.41, 5.74) is 0.935. The van der Waals surface area contributed by atoms with Crippen LogP contribution in [0.3, 0.4) is 0 Å². The van der Waals surface area contributed by atoms with Gasteiger partial charge in [0.15, 0.2) is 5.82 Å². The summed E-state index contributed by atoms with van der Waals surface area (Å²) in [7, 11) is 1.65. The van der Waals surface area contributed by atoms with Crippen molar-refractivity contribution in [2.45, 2.75) is 37.8 Å². The SMILES string of the molecule is COc1ccc2cnn(-c3ccnc(NC4CCC(O)CC4)n3)c2c1. The Balaban J connectivity index is 1.61. The van der Waals surface area contributed by atoms with Crippen LogP contribution in [0.5, 0.6) is 5.75 Å². The quantitative estimate of drug-likeness (QED) is 0.760. The summed E-state index contributed by atoms with van der Waals surface area (Å²) in [4.78, 5) is 8.93. The number of nitrogens with one attached hydrogen (secondary N) is 1. The van der Waals surface area contributed by atoms with Gasteiger partial charge in [-0.1, -0.05) is 0 Å². The number of hydrogen-bond acceptors (Lipinski definition) is 6. The largest absolute Gasteiger partial charge is 0.497 e. The molecule has 1 fully saturated rings. The average molecular weight is 339 g/mol. The highest BCUT2D eigenvalue weighted by molar-refractivity contribution is 5.81. The lowest BCUT2D eigenvalue weighted by atomic mass is 9.93. The van der Waals surface area contributed by atoms with Gasteiger partial charge in [0, 0.05) is 29.8 Å². The molecular formula is C18H21N5O2. The fraction of sp³-hybridized carbons (Fsp3) is 0.389. The number of fused-ring (bicyclic) bond motifs is 1. The van der Waals surface area contributed by atoms with E-state index in [1.165, 1.54) is 0 Å². The van der Waals surface area contributed by atoms with Crippen molar-refractivity contribution in [3.63, 3.8) is 0 Å². The lowest BCUT2D eigenvalue weighted by molar-refractivity contribution is 0.126. The van der Waals surface area contributed by atoms with Crippen molar-refractivity contribution >= 4 is 16.9 Å². The molecule has 0 unspecified atom stereocenters. The molecule has 7 nitrogen and oxygen atoms in total. The number of hydrogen-bond donors (Lipinski definition) is 2. The molecule has 0 radical (unpaired) electrons. The number of rotatable bonds is 4. The molecule has 1 aliphatic rings. The predicted octanol–water partition coefficient (Wildman–Crippen LogP) is 2.54. The summed E-state index contributed by atoms with van der Waals surface area (Å²) >= 11 is 0. The van der Waals surface area contributed by atoms with Gasteiger partial charge in [-0.15, -0.1) is 0 Å². The van der Waals surface area contributed by atoms with Crippen LogP contribution >= 0.6 is 0 Å². The second kappa shape index (κ2) is 6.68. The van der Waals surface area contributed by atoms with E-state index < -0.39 is 0 Å². The molecule has 0 aliphatic heterocycles. The first-order chi connectivity index (χ1) is 12.2. The van der Waals surface area contributed by atoms with E-state index in [-0.39, 0.29) is 6.10 Å². The van der Waals surface area contributed by atoms with E-state index in [4.69, 9.17) is 4.74 Å². The number of nitrogens with zero attached hydrogens (tertiary/aromatic N) is 4. The number of anilines is 1. The Hall–Kier alpha value is -2.67. The van der Waals surface area contributed by atoms with Crippen molar-refractivity contribution in [3.05, 3.63) is 36.7 Å². The molecule has 3 aromatic rings. The first-order valence-corrected chi connectivity index (χ1v) is 8.53. The van der Waals surface area contributed by atoms with Gasteiger partial charge in [-0.3, -0.25) is 0 Å². The monoisotopic (exact) mass is 339 g/mol. The fourth-order valence-electron chi connectivity index (χ4n) is 3.25. The van der Waals surface area contributed by atoms with E-state index in [2.05, 4.69) is 20.4 Å². The van der Waals surface area contributed by atoms with E-state index in [1.54, 1.807) is 18.0 Å². The molecule has 1 saturated carbocycles. The van der Waals surface area contributed by atoms with Crippen LogP contribution in [0.15, 0.2) is 36.7 Å². The lowest BCUT2D eigenvalue weighted by Gasteiger charge is -2.26. The van der Waals surface area contributed by atoms with Crippen molar-refractivity contribution in [2.75, 3.05) is 12.4 Å². The minimum atomic E-state index is -0.171. The van der Waals surface area contributed by atoms with Crippen LogP contribution in [0.1, 0.15) is 25.7 Å². The van der Waals surface area contributed by atoms with Gasteiger partial charge in [0.1, 0.15) is 5.75 Å². The Bertz CT molecular complexity index is 871. The summed E-state index contributed by atoms with van der Waals surface area (Å²) in [6.45, 7) is 0. The van der Waals surface area contributed by atoms with E-state index in [0.717, 1.165) is 42.3 Å². The normalized spacial score (nSPS) is 20.6. The molecule has 1 aliphatic carbocycles. The highest BCUT2D eigenvalue weighted by atomic mass is 16.5. The van der Waals surface area contributed by atoms with Gasteiger partial charge in [-0.05, 0) is 37.8 Å². The van der Waals surface area contributed by atoms with Crippen LogP contribution in [0.4, 0.5) is 5.95 Å². The standard InChI is InChI=1S/C18H21N5O2/c1-25-15-7-2-12-11-20-23(16(12)10-15)17-8-9-19-18(22-17)21-13-3-5-14(24)6-4-13/h2,7-11,13-14,24H,3-6H2,1H3,(H,19,21,22). The highest BCUT2D eigenvalue weighted by Crippen LogP contribution is 2.24. The maximum absolute atomic E-state index is 9.62. The molecule has 0 saturated heterocycles. The van der Waals surface area contributed by atoms with Gasteiger partial charge in [-0.2, -0.15) is 10.1 Å². The number of ether oxygens (including phenoxy) is 1. The van der Waals surface area contributed by atoms with E-state index in [9.17, 15) is 5.11 Å². The molecule has 0 spiro atoms. The van der Waals surface area contributed by atoms with Crippen LogP contribution in [0, 0.1) is 0 Å². The van der Waals surface area contributed by atoms with Gasteiger partial charge in [0.2, 0.25) is 5.95 Å². The van der Waals surface area contributed by atoms with Crippen LogP contribution in [-0.4, -0.2) is 44.1 Å². The average Bonchev–Trinajstić information content (AvgIpc) is 3.07. The molecule has 4 rings (SSSR count). The van der Waals surface area contributed by atoms with Crippen LogP contribution in [-0.2, 0) is 0 Å². The Morgan fingerprint density at radius 1 is 1.20 bits per heavy atom. The zero-order chi connectivity index (χ0) is 17.2. The second-order valence-electron chi connectivity index (χ2n) is 6.37. The van der Waals surface area contributed by atoms with Crippen molar-refractivity contribution in [3.8, 4) is 11.6 Å². The van der Waals surface area contributed by atoms with Crippen molar-refractivity contribution in [1.82, 2.24) is 19.7 Å². The minimum Gasteiger partial charge on any atom is -0.497 e. The number of methoxy groups -OCH3 is 1. The Morgan fingerprint density at radius 3 is 2.84 bits per heavy atom. The van der Waals surface area contributed by atoms with Gasteiger partial charge >= 0.3 is 0 Å². The molecule has 0 amide bonds. The summed E-state index contributed by atoms with van der Waals surface area (Å²) in [6, 6.07) is 7.97. The predicted molar refractivity (Wildman–Crippen MR) is 95.1 cm³/mol. The van der Waals surface area contributed by atoms with E-state index in [1.807, 2.05) is 30.5 Å². The Morgan fingerprint density at radius 2 is 2.04 bits per heavy atom. The topological polar surface area (TPSA) is 85.1 Å². The third-order valence-electron chi connectivity index (χ3n) is 4.67. The van der Waals surface area contributed by atoms with Gasteiger partial charge < -0.3 is 15.2 Å². The molecule has 25 heavy (non-hydrogen) atoms. The third kappa shape index (κ3) is 3.28. The van der Waals surface area contributed by atoms with Crippen LogP contribution in [0.2, 0.25) is 0 Å². The molecule has 1 aromatic carbocycles. The van der Waals surface area contributed by atoms with Crippen molar-refractivity contribution in [1.29, 1.82) is 0 Å². The van der Waals surface area contributed by atoms with Gasteiger partial charge in [0.25, 0.3) is 0 Å². The van der Waals surface area contributed by atoms with Gasteiger partial charge in [-0.25, -0.2) is 9.67 Å². The zero-order valence-electron chi connectivity index (χ0n) is 14.1.